The van der Waals surface area contributed by atoms with Crippen molar-refractivity contribution in [2.75, 3.05) is 7.11 Å². The Bertz CT molecular complexity index is 385. The standard InChI is InChI=1S/C12H17NO2/c1-7-5-9(3)10(6-8(7)2)11(13)12(14)15-4/h5-6,11H,13H2,1-4H3. The highest BCUT2D eigenvalue weighted by Gasteiger charge is 2.18. The Morgan fingerprint density at radius 2 is 1.73 bits per heavy atom. The highest BCUT2D eigenvalue weighted by molar-refractivity contribution is 5.77. The second kappa shape index (κ2) is 4.45. The smallest absolute Gasteiger partial charge is 0.327 e. The first-order valence-corrected chi connectivity index (χ1v) is 4.88. The molecule has 0 fully saturated rings. The van der Waals surface area contributed by atoms with Crippen LogP contribution in [-0.2, 0) is 9.53 Å². The number of ether oxygens (including phenoxy) is 1. The molecule has 3 nitrogen and oxygen atoms in total. The molecule has 1 rings (SSSR count). The molecule has 1 aromatic carbocycles. The molecule has 0 spiro atoms. The van der Waals surface area contributed by atoms with E-state index >= 15 is 0 Å². The Balaban J connectivity index is 3.14. The van der Waals surface area contributed by atoms with Gasteiger partial charge in [-0.3, -0.25) is 4.79 Å². The van der Waals surface area contributed by atoms with Crippen molar-refractivity contribution in [1.82, 2.24) is 0 Å². The van der Waals surface area contributed by atoms with Gasteiger partial charge in [0.05, 0.1) is 7.11 Å². The zero-order chi connectivity index (χ0) is 11.6. The predicted molar refractivity (Wildman–Crippen MR) is 59.6 cm³/mol. The summed E-state index contributed by atoms with van der Waals surface area (Å²) in [6.07, 6.45) is 0. The number of carbonyl (C=O) groups excluding carboxylic acids is 1. The third-order valence-corrected chi connectivity index (χ3v) is 2.67. The topological polar surface area (TPSA) is 52.3 Å². The average Bonchev–Trinajstić information content (AvgIpc) is 2.21. The molecule has 0 aliphatic heterocycles. The maximum absolute atomic E-state index is 11.3. The molecule has 0 aromatic heterocycles. The van der Waals surface area contributed by atoms with E-state index in [2.05, 4.69) is 4.74 Å². The SMILES string of the molecule is COC(=O)C(N)c1cc(C)c(C)cc1C. The third-order valence-electron chi connectivity index (χ3n) is 2.67. The summed E-state index contributed by atoms with van der Waals surface area (Å²) in [5, 5.41) is 0. The number of rotatable bonds is 2. The fraction of sp³-hybridized carbons (Fsp3) is 0.417. The van der Waals surface area contributed by atoms with Crippen molar-refractivity contribution < 1.29 is 9.53 Å². The van der Waals surface area contributed by atoms with Gasteiger partial charge in [-0.15, -0.1) is 0 Å². The molecule has 2 N–H and O–H groups in total. The van der Waals surface area contributed by atoms with E-state index in [1.165, 1.54) is 12.7 Å². The number of esters is 1. The number of nitrogens with two attached hydrogens (primary N) is 1. The fourth-order valence-electron chi connectivity index (χ4n) is 1.57. The van der Waals surface area contributed by atoms with Crippen molar-refractivity contribution >= 4 is 5.97 Å². The molecule has 0 bridgehead atoms. The van der Waals surface area contributed by atoms with Crippen molar-refractivity contribution in [2.45, 2.75) is 26.8 Å². The molecule has 0 heterocycles. The van der Waals surface area contributed by atoms with Gasteiger partial charge in [0.2, 0.25) is 0 Å². The van der Waals surface area contributed by atoms with Crippen molar-refractivity contribution in [2.24, 2.45) is 5.73 Å². The van der Waals surface area contributed by atoms with Gasteiger partial charge in [-0.1, -0.05) is 12.1 Å². The van der Waals surface area contributed by atoms with Crippen LogP contribution in [0.2, 0.25) is 0 Å². The second-order valence-electron chi connectivity index (χ2n) is 3.79. The fourth-order valence-corrected chi connectivity index (χ4v) is 1.57. The van der Waals surface area contributed by atoms with Crippen molar-refractivity contribution in [3.05, 3.63) is 34.4 Å². The van der Waals surface area contributed by atoms with Crippen molar-refractivity contribution in [3.8, 4) is 0 Å². The summed E-state index contributed by atoms with van der Waals surface area (Å²) in [6, 6.07) is 3.30. The number of methoxy groups -OCH3 is 1. The maximum Gasteiger partial charge on any atom is 0.327 e. The number of carbonyl (C=O) groups is 1. The lowest BCUT2D eigenvalue weighted by Gasteiger charge is -2.14. The lowest BCUT2D eigenvalue weighted by molar-refractivity contribution is -0.142. The first-order valence-electron chi connectivity index (χ1n) is 4.88. The first kappa shape index (κ1) is 11.7. The summed E-state index contributed by atoms with van der Waals surface area (Å²) in [5.74, 6) is -0.402. The Kier molecular flexibility index (Phi) is 3.48. The molecule has 0 radical (unpaired) electrons. The van der Waals surface area contributed by atoms with E-state index in [-0.39, 0.29) is 0 Å². The highest BCUT2D eigenvalue weighted by Crippen LogP contribution is 2.21. The molecule has 1 aromatic rings. The lowest BCUT2D eigenvalue weighted by Crippen LogP contribution is -2.23. The molecule has 0 aliphatic carbocycles. The summed E-state index contributed by atoms with van der Waals surface area (Å²) >= 11 is 0. The van der Waals surface area contributed by atoms with Crippen molar-refractivity contribution in [3.63, 3.8) is 0 Å². The Hall–Kier alpha value is -1.35. The number of aryl methyl sites for hydroxylation is 3. The average molecular weight is 207 g/mol. The summed E-state index contributed by atoms with van der Waals surface area (Å²) in [6.45, 7) is 5.99. The molecule has 0 amide bonds. The van der Waals surface area contributed by atoms with Gasteiger partial charge in [0.1, 0.15) is 6.04 Å². The quantitative estimate of drug-likeness (QED) is 0.752. The molecule has 3 heteroatoms. The zero-order valence-corrected chi connectivity index (χ0v) is 9.63. The predicted octanol–water partition coefficient (Wildman–Crippen LogP) is 1.78. The summed E-state index contributed by atoms with van der Waals surface area (Å²) in [5.41, 5.74) is 9.99. The third kappa shape index (κ3) is 2.36. The number of hydrogen-bond donors (Lipinski definition) is 1. The normalized spacial score (nSPS) is 12.3. The molecule has 82 valence electrons. The lowest BCUT2D eigenvalue weighted by atomic mass is 9.96. The van der Waals surface area contributed by atoms with Crippen LogP contribution in [0.1, 0.15) is 28.3 Å². The second-order valence-corrected chi connectivity index (χ2v) is 3.79. The molecular formula is C12H17NO2. The maximum atomic E-state index is 11.3. The number of benzene rings is 1. The van der Waals surface area contributed by atoms with E-state index in [4.69, 9.17) is 5.73 Å². The van der Waals surface area contributed by atoms with Crippen LogP contribution in [0, 0.1) is 20.8 Å². The van der Waals surface area contributed by atoms with Crippen LogP contribution < -0.4 is 5.73 Å². The minimum Gasteiger partial charge on any atom is -0.468 e. The van der Waals surface area contributed by atoms with E-state index in [1.54, 1.807) is 0 Å². The Morgan fingerprint density at radius 3 is 2.27 bits per heavy atom. The Morgan fingerprint density at radius 1 is 1.20 bits per heavy atom. The van der Waals surface area contributed by atoms with Gasteiger partial charge in [-0.25, -0.2) is 0 Å². The molecular weight excluding hydrogens is 190 g/mol. The van der Waals surface area contributed by atoms with E-state index in [0.29, 0.717) is 0 Å². The van der Waals surface area contributed by atoms with Gasteiger partial charge in [0.25, 0.3) is 0 Å². The molecule has 0 aliphatic rings. The van der Waals surface area contributed by atoms with Crippen LogP contribution in [0.5, 0.6) is 0 Å². The molecule has 0 saturated heterocycles. The van der Waals surface area contributed by atoms with E-state index in [0.717, 1.165) is 16.7 Å². The van der Waals surface area contributed by atoms with Crippen LogP contribution in [-0.4, -0.2) is 13.1 Å². The first-order chi connectivity index (χ1) is 6.97. The Labute approximate surface area is 90.2 Å². The monoisotopic (exact) mass is 207 g/mol. The van der Waals surface area contributed by atoms with Gasteiger partial charge >= 0.3 is 5.97 Å². The largest absolute Gasteiger partial charge is 0.468 e. The van der Waals surface area contributed by atoms with Gasteiger partial charge < -0.3 is 10.5 Å². The van der Waals surface area contributed by atoms with E-state index in [9.17, 15) is 4.79 Å². The highest BCUT2D eigenvalue weighted by atomic mass is 16.5. The van der Waals surface area contributed by atoms with E-state index in [1.807, 2.05) is 32.9 Å². The van der Waals surface area contributed by atoms with Crippen LogP contribution in [0.3, 0.4) is 0 Å². The minimum atomic E-state index is -0.686. The summed E-state index contributed by atoms with van der Waals surface area (Å²) in [4.78, 5) is 11.3. The molecule has 15 heavy (non-hydrogen) atoms. The zero-order valence-electron chi connectivity index (χ0n) is 9.63. The van der Waals surface area contributed by atoms with Gasteiger partial charge in [-0.05, 0) is 43.0 Å². The van der Waals surface area contributed by atoms with E-state index < -0.39 is 12.0 Å². The molecule has 1 atom stereocenters. The van der Waals surface area contributed by atoms with Crippen LogP contribution in [0.15, 0.2) is 12.1 Å². The minimum absolute atomic E-state index is 0.402. The molecule has 1 unspecified atom stereocenters. The van der Waals surface area contributed by atoms with Crippen molar-refractivity contribution in [1.29, 1.82) is 0 Å². The molecule has 0 saturated carbocycles. The van der Waals surface area contributed by atoms with Gasteiger partial charge in [0, 0.05) is 0 Å². The number of hydrogen-bond acceptors (Lipinski definition) is 3. The summed E-state index contributed by atoms with van der Waals surface area (Å²) in [7, 11) is 1.35. The van der Waals surface area contributed by atoms with Crippen LogP contribution in [0.25, 0.3) is 0 Å². The van der Waals surface area contributed by atoms with Crippen LogP contribution in [0.4, 0.5) is 0 Å². The summed E-state index contributed by atoms with van der Waals surface area (Å²) < 4.78 is 4.63. The van der Waals surface area contributed by atoms with Crippen LogP contribution >= 0.6 is 0 Å². The van der Waals surface area contributed by atoms with Gasteiger partial charge in [-0.2, -0.15) is 0 Å². The van der Waals surface area contributed by atoms with Gasteiger partial charge in [0.15, 0.2) is 0 Å².